The molecule has 178 valence electrons. The molecule has 36 heavy (non-hydrogen) atoms. The molecule has 2 N–H and O–H groups in total. The van der Waals surface area contributed by atoms with E-state index in [2.05, 4.69) is 10.6 Å². The number of allylic oxidation sites excluding steroid dienone is 1. The van der Waals surface area contributed by atoms with Gasteiger partial charge in [-0.05, 0) is 77.7 Å². The smallest absolute Gasteiger partial charge is 0.272 e. The average Bonchev–Trinajstić information content (AvgIpc) is 3.43. The van der Waals surface area contributed by atoms with Crippen molar-refractivity contribution < 1.29 is 14.4 Å². The highest BCUT2D eigenvalue weighted by atomic mass is 35.5. The monoisotopic (exact) mass is 512 g/mol. The fourth-order valence-electron chi connectivity index (χ4n) is 3.25. The summed E-state index contributed by atoms with van der Waals surface area (Å²) in [6.45, 7) is 0. The number of amides is 2. The first-order valence-corrected chi connectivity index (χ1v) is 12.3. The molecule has 0 bridgehead atoms. The molecule has 0 aliphatic carbocycles. The predicted octanol–water partition coefficient (Wildman–Crippen LogP) is 6.71. The first-order valence-electron chi connectivity index (χ1n) is 11.0. The number of nitrogens with one attached hydrogen (secondary N) is 2. The van der Waals surface area contributed by atoms with E-state index < -0.39 is 11.8 Å². The Bertz CT molecular complexity index is 1430. The summed E-state index contributed by atoms with van der Waals surface area (Å²) in [6.07, 6.45) is 4.80. The van der Waals surface area contributed by atoms with Gasteiger partial charge in [0.15, 0.2) is 5.78 Å². The molecule has 0 saturated heterocycles. The van der Waals surface area contributed by atoms with E-state index in [0.29, 0.717) is 27.4 Å². The highest BCUT2D eigenvalue weighted by molar-refractivity contribution is 7.10. The predicted molar refractivity (Wildman–Crippen MR) is 146 cm³/mol. The number of thiophene rings is 1. The van der Waals surface area contributed by atoms with Gasteiger partial charge in [-0.15, -0.1) is 11.3 Å². The lowest BCUT2D eigenvalue weighted by atomic mass is 10.1. The van der Waals surface area contributed by atoms with Crippen LogP contribution in [0, 0.1) is 0 Å². The minimum Gasteiger partial charge on any atom is -0.321 e. The molecule has 0 aliphatic rings. The van der Waals surface area contributed by atoms with Gasteiger partial charge < -0.3 is 10.6 Å². The van der Waals surface area contributed by atoms with Gasteiger partial charge in [0.25, 0.3) is 11.8 Å². The van der Waals surface area contributed by atoms with Crippen molar-refractivity contribution in [3.8, 4) is 0 Å². The van der Waals surface area contributed by atoms with Crippen molar-refractivity contribution in [2.75, 3.05) is 5.32 Å². The molecule has 1 aromatic heterocycles. The van der Waals surface area contributed by atoms with Crippen LogP contribution < -0.4 is 10.6 Å². The maximum atomic E-state index is 13.1. The second kappa shape index (κ2) is 11.9. The third kappa shape index (κ3) is 6.66. The molecule has 0 saturated carbocycles. The van der Waals surface area contributed by atoms with Gasteiger partial charge in [0, 0.05) is 26.7 Å². The zero-order valence-corrected chi connectivity index (χ0v) is 20.6. The maximum Gasteiger partial charge on any atom is 0.272 e. The fourth-order valence-corrected chi connectivity index (χ4v) is 4.05. The number of carbonyl (C=O) groups excluding carboxylic acids is 3. The Kier molecular flexibility index (Phi) is 8.24. The lowest BCUT2D eigenvalue weighted by molar-refractivity contribution is -0.113. The molecule has 4 rings (SSSR count). The van der Waals surface area contributed by atoms with Gasteiger partial charge >= 0.3 is 0 Å². The second-order valence-electron chi connectivity index (χ2n) is 7.64. The summed E-state index contributed by atoms with van der Waals surface area (Å²) >= 11 is 7.81. The van der Waals surface area contributed by atoms with Gasteiger partial charge in [-0.3, -0.25) is 14.4 Å². The van der Waals surface area contributed by atoms with E-state index in [4.69, 9.17) is 11.6 Å². The van der Waals surface area contributed by atoms with Crippen LogP contribution in [0.15, 0.2) is 108 Å². The number of benzene rings is 3. The molecular weight excluding hydrogens is 492 g/mol. The standard InChI is InChI=1S/C29H21ClN2O3S/c30-25-11-5-4-9-22(25)19-26(32-28(34)21-7-2-1-3-8-21)29(35)31-23-14-12-20(13-15-23)27(33)17-16-24-10-6-18-36-24/h1-19H,(H,31,35)(H,32,34)/b17-16+,26-19-. The third-order valence-corrected chi connectivity index (χ3v) is 6.29. The van der Waals surface area contributed by atoms with Crippen LogP contribution in [0.4, 0.5) is 5.69 Å². The van der Waals surface area contributed by atoms with Crippen LogP contribution in [0.5, 0.6) is 0 Å². The van der Waals surface area contributed by atoms with Crippen molar-refractivity contribution in [1.82, 2.24) is 5.32 Å². The van der Waals surface area contributed by atoms with Crippen LogP contribution in [-0.4, -0.2) is 17.6 Å². The van der Waals surface area contributed by atoms with Crippen molar-refractivity contribution in [3.63, 3.8) is 0 Å². The van der Waals surface area contributed by atoms with Gasteiger partial charge in [-0.1, -0.05) is 54.1 Å². The number of hydrogen-bond donors (Lipinski definition) is 2. The summed E-state index contributed by atoms with van der Waals surface area (Å²) < 4.78 is 0. The SMILES string of the molecule is O=C(Nc1ccc(C(=O)/C=C/c2cccs2)cc1)/C(=C/c1ccccc1Cl)NC(=O)c1ccccc1. The number of carbonyl (C=O) groups is 3. The second-order valence-corrected chi connectivity index (χ2v) is 9.03. The summed E-state index contributed by atoms with van der Waals surface area (Å²) in [4.78, 5) is 39.3. The van der Waals surface area contributed by atoms with Crippen molar-refractivity contribution in [2.45, 2.75) is 0 Å². The van der Waals surface area contributed by atoms with Crippen LogP contribution in [0.25, 0.3) is 12.2 Å². The average molecular weight is 513 g/mol. The van der Waals surface area contributed by atoms with Crippen LogP contribution in [0.3, 0.4) is 0 Å². The number of ketones is 1. The highest BCUT2D eigenvalue weighted by Crippen LogP contribution is 2.19. The van der Waals surface area contributed by atoms with Gasteiger partial charge in [0.1, 0.15) is 5.70 Å². The number of anilines is 1. The van der Waals surface area contributed by atoms with E-state index in [1.807, 2.05) is 17.5 Å². The summed E-state index contributed by atoms with van der Waals surface area (Å²) in [5.74, 6) is -1.10. The van der Waals surface area contributed by atoms with E-state index in [-0.39, 0.29) is 11.5 Å². The molecule has 0 radical (unpaired) electrons. The minimum atomic E-state index is -0.532. The summed E-state index contributed by atoms with van der Waals surface area (Å²) in [5, 5.41) is 7.83. The molecule has 5 nitrogen and oxygen atoms in total. The Morgan fingerprint density at radius 2 is 1.50 bits per heavy atom. The van der Waals surface area contributed by atoms with Crippen LogP contribution in [0.1, 0.15) is 31.2 Å². The van der Waals surface area contributed by atoms with E-state index in [1.165, 1.54) is 12.2 Å². The van der Waals surface area contributed by atoms with Crippen molar-refractivity contribution in [2.24, 2.45) is 0 Å². The zero-order chi connectivity index (χ0) is 25.3. The Morgan fingerprint density at radius 3 is 2.19 bits per heavy atom. The quantitative estimate of drug-likeness (QED) is 0.203. The van der Waals surface area contributed by atoms with Crippen LogP contribution in [0.2, 0.25) is 5.02 Å². The van der Waals surface area contributed by atoms with E-state index >= 15 is 0 Å². The highest BCUT2D eigenvalue weighted by Gasteiger charge is 2.16. The largest absolute Gasteiger partial charge is 0.321 e. The first kappa shape index (κ1) is 24.9. The molecule has 1 heterocycles. The third-order valence-electron chi connectivity index (χ3n) is 5.10. The molecule has 0 unspecified atom stereocenters. The zero-order valence-electron chi connectivity index (χ0n) is 19.0. The molecule has 3 aromatic carbocycles. The van der Waals surface area contributed by atoms with Crippen molar-refractivity contribution in [3.05, 3.63) is 135 Å². The molecular formula is C29H21ClN2O3S. The van der Waals surface area contributed by atoms with Crippen LogP contribution in [-0.2, 0) is 4.79 Å². The number of halogens is 1. The number of hydrogen-bond acceptors (Lipinski definition) is 4. The lowest BCUT2D eigenvalue weighted by Gasteiger charge is -2.12. The number of rotatable bonds is 8. The van der Waals surface area contributed by atoms with Gasteiger partial charge in [-0.2, -0.15) is 0 Å². The summed E-state index contributed by atoms with van der Waals surface area (Å²) in [7, 11) is 0. The maximum absolute atomic E-state index is 13.1. The molecule has 4 aromatic rings. The van der Waals surface area contributed by atoms with Gasteiger partial charge in [0.05, 0.1) is 0 Å². The van der Waals surface area contributed by atoms with Crippen LogP contribution >= 0.6 is 22.9 Å². The minimum absolute atomic E-state index is 0.0241. The summed E-state index contributed by atoms with van der Waals surface area (Å²) in [5.41, 5.74) is 1.98. The first-order chi connectivity index (χ1) is 17.5. The molecule has 0 spiro atoms. The molecule has 2 amide bonds. The van der Waals surface area contributed by atoms with Gasteiger partial charge in [0.2, 0.25) is 0 Å². The Hall–Kier alpha value is -4.26. The van der Waals surface area contributed by atoms with Crippen molar-refractivity contribution in [1.29, 1.82) is 0 Å². The lowest BCUT2D eigenvalue weighted by Crippen LogP contribution is -2.30. The fraction of sp³-hybridized carbons (Fsp3) is 0. The Labute approximate surface area is 217 Å². The topological polar surface area (TPSA) is 75.3 Å². The van der Waals surface area contributed by atoms with Crippen molar-refractivity contribution >= 4 is 58.4 Å². The van der Waals surface area contributed by atoms with E-state index in [9.17, 15) is 14.4 Å². The molecule has 0 aliphatic heterocycles. The Balaban J connectivity index is 1.51. The molecule has 7 heteroatoms. The Morgan fingerprint density at radius 1 is 0.778 bits per heavy atom. The summed E-state index contributed by atoms with van der Waals surface area (Å²) in [6, 6.07) is 26.0. The molecule has 0 atom stereocenters. The normalized spacial score (nSPS) is 11.3. The van der Waals surface area contributed by atoms with Gasteiger partial charge in [-0.25, -0.2) is 0 Å². The van der Waals surface area contributed by atoms with E-state index in [1.54, 1.807) is 96.3 Å². The molecule has 0 fully saturated rings. The van der Waals surface area contributed by atoms with E-state index in [0.717, 1.165) is 4.88 Å².